The number of nitrogen functional groups attached to an aromatic ring is 1. The third kappa shape index (κ3) is 1.79. The molecule has 0 bridgehead atoms. The number of rotatable bonds is 2. The van der Waals surface area contributed by atoms with Gasteiger partial charge in [0, 0.05) is 11.6 Å². The maximum absolute atomic E-state index is 6.06. The highest BCUT2D eigenvalue weighted by atomic mass is 16.5. The number of benzene rings is 1. The Kier molecular flexibility index (Phi) is 2.18. The third-order valence-corrected chi connectivity index (χ3v) is 3.15. The van der Waals surface area contributed by atoms with Crippen LogP contribution in [0.4, 0.5) is 5.69 Å². The van der Waals surface area contributed by atoms with Crippen LogP contribution in [0.15, 0.2) is 16.7 Å². The van der Waals surface area contributed by atoms with Crippen molar-refractivity contribution in [3.63, 3.8) is 0 Å². The molecule has 3 rings (SSSR count). The van der Waals surface area contributed by atoms with Gasteiger partial charge in [-0.15, -0.1) is 0 Å². The molecule has 0 aliphatic heterocycles. The van der Waals surface area contributed by atoms with E-state index >= 15 is 0 Å². The van der Waals surface area contributed by atoms with Gasteiger partial charge in [-0.3, -0.25) is 0 Å². The molecule has 17 heavy (non-hydrogen) atoms. The Labute approximate surface area is 99.8 Å². The SMILES string of the molecule is Cc1cc(C)c(N)c(-c2nc(C3CC3)no2)c1. The van der Waals surface area contributed by atoms with Crippen LogP contribution >= 0.6 is 0 Å². The van der Waals surface area contributed by atoms with Crippen LogP contribution in [0.2, 0.25) is 0 Å². The molecule has 2 N–H and O–H groups in total. The van der Waals surface area contributed by atoms with Gasteiger partial charge in [0.25, 0.3) is 5.89 Å². The van der Waals surface area contributed by atoms with E-state index < -0.39 is 0 Å². The number of nitrogens with zero attached hydrogens (tertiary/aromatic N) is 2. The Morgan fingerprint density at radius 3 is 2.76 bits per heavy atom. The van der Waals surface area contributed by atoms with Gasteiger partial charge in [0.2, 0.25) is 0 Å². The van der Waals surface area contributed by atoms with Crippen molar-refractivity contribution in [3.8, 4) is 11.5 Å². The first-order chi connectivity index (χ1) is 8.15. The normalized spacial score (nSPS) is 15.2. The van der Waals surface area contributed by atoms with E-state index in [9.17, 15) is 0 Å². The minimum absolute atomic E-state index is 0.500. The summed E-state index contributed by atoms with van der Waals surface area (Å²) in [5, 5.41) is 4.01. The first kappa shape index (κ1) is 10.3. The molecular weight excluding hydrogens is 214 g/mol. The minimum atomic E-state index is 0.500. The van der Waals surface area contributed by atoms with Crippen LogP contribution in [0.3, 0.4) is 0 Å². The fourth-order valence-corrected chi connectivity index (χ4v) is 2.01. The molecular formula is C13H15N3O. The molecule has 1 aliphatic rings. The van der Waals surface area contributed by atoms with Gasteiger partial charge in [0.05, 0.1) is 5.56 Å². The molecule has 0 atom stereocenters. The maximum Gasteiger partial charge on any atom is 0.260 e. The summed E-state index contributed by atoms with van der Waals surface area (Å²) >= 11 is 0. The summed E-state index contributed by atoms with van der Waals surface area (Å²) in [7, 11) is 0. The number of aromatic nitrogens is 2. The van der Waals surface area contributed by atoms with Crippen LogP contribution < -0.4 is 5.73 Å². The summed E-state index contributed by atoms with van der Waals surface area (Å²) in [6.45, 7) is 4.03. The monoisotopic (exact) mass is 229 g/mol. The number of aryl methyl sites for hydroxylation is 2. The topological polar surface area (TPSA) is 64.9 Å². The van der Waals surface area contributed by atoms with Gasteiger partial charge < -0.3 is 10.3 Å². The third-order valence-electron chi connectivity index (χ3n) is 3.15. The summed E-state index contributed by atoms with van der Waals surface area (Å²) in [6.07, 6.45) is 2.34. The summed E-state index contributed by atoms with van der Waals surface area (Å²) < 4.78 is 5.30. The minimum Gasteiger partial charge on any atom is -0.398 e. The molecule has 1 saturated carbocycles. The second kappa shape index (κ2) is 3.58. The molecule has 0 amide bonds. The van der Waals surface area contributed by atoms with Gasteiger partial charge >= 0.3 is 0 Å². The van der Waals surface area contributed by atoms with E-state index in [-0.39, 0.29) is 0 Å². The summed E-state index contributed by atoms with van der Waals surface area (Å²) in [6, 6.07) is 4.05. The fraction of sp³-hybridized carbons (Fsp3) is 0.385. The van der Waals surface area contributed by atoms with Crippen LogP contribution in [0.5, 0.6) is 0 Å². The lowest BCUT2D eigenvalue weighted by Crippen LogP contribution is -1.95. The van der Waals surface area contributed by atoms with E-state index in [1.54, 1.807) is 0 Å². The summed E-state index contributed by atoms with van der Waals surface area (Å²) in [5.74, 6) is 1.86. The molecule has 4 heteroatoms. The van der Waals surface area contributed by atoms with Gasteiger partial charge in [0.1, 0.15) is 0 Å². The summed E-state index contributed by atoms with van der Waals surface area (Å²) in [5.41, 5.74) is 9.83. The Bertz CT molecular complexity index is 570. The van der Waals surface area contributed by atoms with Crippen LogP contribution in [-0.4, -0.2) is 10.1 Å². The van der Waals surface area contributed by atoms with Crippen molar-refractivity contribution in [1.29, 1.82) is 0 Å². The van der Waals surface area contributed by atoms with E-state index in [0.29, 0.717) is 11.8 Å². The Balaban J connectivity index is 2.07. The smallest absolute Gasteiger partial charge is 0.260 e. The van der Waals surface area contributed by atoms with Crippen LogP contribution in [-0.2, 0) is 0 Å². The second-order valence-corrected chi connectivity index (χ2v) is 4.78. The zero-order valence-corrected chi connectivity index (χ0v) is 10.0. The fourth-order valence-electron chi connectivity index (χ4n) is 2.01. The molecule has 88 valence electrons. The van der Waals surface area contributed by atoms with Crippen molar-refractivity contribution in [1.82, 2.24) is 10.1 Å². The predicted molar refractivity (Wildman–Crippen MR) is 65.6 cm³/mol. The molecule has 2 aromatic rings. The van der Waals surface area contributed by atoms with Crippen LogP contribution in [0.1, 0.15) is 35.7 Å². The summed E-state index contributed by atoms with van der Waals surface area (Å²) in [4.78, 5) is 4.43. The predicted octanol–water partition coefficient (Wildman–Crippen LogP) is 2.81. The van der Waals surface area contributed by atoms with Crippen molar-refractivity contribution >= 4 is 5.69 Å². The highest BCUT2D eigenvalue weighted by Crippen LogP contribution is 2.39. The molecule has 0 saturated heterocycles. The molecule has 1 heterocycles. The van der Waals surface area contributed by atoms with Crippen molar-refractivity contribution in [2.24, 2.45) is 0 Å². The van der Waals surface area contributed by atoms with Crippen LogP contribution in [0, 0.1) is 13.8 Å². The van der Waals surface area contributed by atoms with Crippen molar-refractivity contribution in [2.45, 2.75) is 32.6 Å². The van der Waals surface area contributed by atoms with Crippen molar-refractivity contribution in [3.05, 3.63) is 29.1 Å². The maximum atomic E-state index is 6.06. The molecule has 0 unspecified atom stereocenters. The van der Waals surface area contributed by atoms with Crippen LogP contribution in [0.25, 0.3) is 11.5 Å². The second-order valence-electron chi connectivity index (χ2n) is 4.78. The first-order valence-corrected chi connectivity index (χ1v) is 5.86. The van der Waals surface area contributed by atoms with E-state index in [1.807, 2.05) is 19.9 Å². The zero-order chi connectivity index (χ0) is 12.0. The van der Waals surface area contributed by atoms with E-state index in [1.165, 1.54) is 12.8 Å². The van der Waals surface area contributed by atoms with E-state index in [4.69, 9.17) is 10.3 Å². The van der Waals surface area contributed by atoms with Gasteiger partial charge in [0.15, 0.2) is 5.82 Å². The first-order valence-electron chi connectivity index (χ1n) is 5.86. The zero-order valence-electron chi connectivity index (χ0n) is 10.0. The highest BCUT2D eigenvalue weighted by molar-refractivity contribution is 5.74. The van der Waals surface area contributed by atoms with Crippen molar-refractivity contribution < 1.29 is 4.52 Å². The number of hydrogen-bond acceptors (Lipinski definition) is 4. The molecule has 0 radical (unpaired) electrons. The van der Waals surface area contributed by atoms with Gasteiger partial charge in [-0.25, -0.2) is 0 Å². The Hall–Kier alpha value is -1.84. The van der Waals surface area contributed by atoms with Gasteiger partial charge in [-0.2, -0.15) is 4.98 Å². The average molecular weight is 229 g/mol. The highest BCUT2D eigenvalue weighted by Gasteiger charge is 2.29. The largest absolute Gasteiger partial charge is 0.398 e. The molecule has 0 spiro atoms. The molecule has 1 aliphatic carbocycles. The molecule has 1 aromatic carbocycles. The van der Waals surface area contributed by atoms with E-state index in [0.717, 1.165) is 28.2 Å². The van der Waals surface area contributed by atoms with Crippen molar-refractivity contribution in [2.75, 3.05) is 5.73 Å². The van der Waals surface area contributed by atoms with Gasteiger partial charge in [-0.1, -0.05) is 11.2 Å². The molecule has 1 aromatic heterocycles. The molecule has 4 nitrogen and oxygen atoms in total. The Morgan fingerprint density at radius 1 is 1.29 bits per heavy atom. The molecule has 1 fully saturated rings. The number of hydrogen-bond donors (Lipinski definition) is 1. The number of anilines is 1. The lowest BCUT2D eigenvalue weighted by Gasteiger charge is -2.06. The quantitative estimate of drug-likeness (QED) is 0.804. The lowest BCUT2D eigenvalue weighted by atomic mass is 10.0. The van der Waals surface area contributed by atoms with Gasteiger partial charge in [-0.05, 0) is 43.9 Å². The standard InChI is InChI=1S/C13H15N3O/c1-7-5-8(2)11(14)10(6-7)13-15-12(16-17-13)9-3-4-9/h5-6,9H,3-4,14H2,1-2H3. The van der Waals surface area contributed by atoms with E-state index in [2.05, 4.69) is 16.2 Å². The number of nitrogens with two attached hydrogens (primary N) is 1. The Morgan fingerprint density at radius 2 is 2.06 bits per heavy atom. The lowest BCUT2D eigenvalue weighted by molar-refractivity contribution is 0.423. The average Bonchev–Trinajstić information content (AvgIpc) is 3.02.